The van der Waals surface area contributed by atoms with Crippen molar-refractivity contribution in [3.63, 3.8) is 0 Å². The van der Waals surface area contributed by atoms with Crippen molar-refractivity contribution >= 4 is 28.5 Å². The minimum absolute atomic E-state index is 0.224. The van der Waals surface area contributed by atoms with E-state index in [0.29, 0.717) is 18.0 Å². The lowest BCUT2D eigenvalue weighted by Crippen LogP contribution is -2.46. The molecule has 2 aromatic carbocycles. The number of amides is 2. The molecule has 3 aromatic rings. The van der Waals surface area contributed by atoms with Crippen LogP contribution in [-0.2, 0) is 4.79 Å². The van der Waals surface area contributed by atoms with Crippen molar-refractivity contribution in [1.29, 1.82) is 0 Å². The van der Waals surface area contributed by atoms with Crippen molar-refractivity contribution in [3.05, 3.63) is 65.4 Å². The molecule has 1 heterocycles. The highest BCUT2D eigenvalue weighted by Gasteiger charge is 2.30. The summed E-state index contributed by atoms with van der Waals surface area (Å²) in [6, 6.07) is 14.5. The van der Waals surface area contributed by atoms with Gasteiger partial charge in [-0.1, -0.05) is 43.3 Å². The zero-order chi connectivity index (χ0) is 20.3. The van der Waals surface area contributed by atoms with Crippen LogP contribution in [0.1, 0.15) is 41.9 Å². The first kappa shape index (κ1) is 19.7. The van der Waals surface area contributed by atoms with Gasteiger partial charge in [-0.05, 0) is 44.9 Å². The van der Waals surface area contributed by atoms with Crippen LogP contribution in [0.5, 0.6) is 0 Å². The van der Waals surface area contributed by atoms with Crippen LogP contribution in [0.25, 0.3) is 11.0 Å². The maximum atomic E-state index is 13.3. The lowest BCUT2D eigenvalue weighted by Gasteiger charge is -2.27. The number of carbonyl (C=O) groups is 2. The molecule has 1 unspecified atom stereocenters. The molecule has 0 aliphatic heterocycles. The number of nitrogens with zero attached hydrogens (tertiary/aromatic N) is 1. The highest BCUT2D eigenvalue weighted by molar-refractivity contribution is 6.03. The van der Waals surface area contributed by atoms with Gasteiger partial charge < -0.3 is 14.6 Å². The standard InChI is InChI=1S/C23H26N2O3/c1-5-14-25(17(4)22(26)24-18-11-7-6-8-12-18)23(27)21-16(3)19-13-9-10-15(2)20(19)28-21/h6-13,17H,5,14H2,1-4H3,(H,24,26). The van der Waals surface area contributed by atoms with E-state index >= 15 is 0 Å². The minimum Gasteiger partial charge on any atom is -0.450 e. The van der Waals surface area contributed by atoms with Crippen molar-refractivity contribution in [3.8, 4) is 0 Å². The van der Waals surface area contributed by atoms with E-state index in [1.165, 1.54) is 0 Å². The van der Waals surface area contributed by atoms with Crippen LogP contribution in [0.15, 0.2) is 52.9 Å². The van der Waals surface area contributed by atoms with E-state index in [0.717, 1.165) is 28.5 Å². The molecule has 0 bridgehead atoms. The number of hydrogen-bond donors (Lipinski definition) is 1. The number of hydrogen-bond acceptors (Lipinski definition) is 3. The Morgan fingerprint density at radius 3 is 2.43 bits per heavy atom. The molecule has 1 aromatic heterocycles. The quantitative estimate of drug-likeness (QED) is 0.661. The molecular formula is C23H26N2O3. The topological polar surface area (TPSA) is 62.6 Å². The largest absolute Gasteiger partial charge is 0.450 e. The van der Waals surface area contributed by atoms with Gasteiger partial charge in [-0.25, -0.2) is 0 Å². The number of anilines is 1. The van der Waals surface area contributed by atoms with Gasteiger partial charge in [-0.3, -0.25) is 9.59 Å². The molecule has 1 N–H and O–H groups in total. The fraction of sp³-hybridized carbons (Fsp3) is 0.304. The van der Waals surface area contributed by atoms with Gasteiger partial charge in [0.15, 0.2) is 5.76 Å². The van der Waals surface area contributed by atoms with E-state index in [-0.39, 0.29) is 11.8 Å². The third kappa shape index (κ3) is 3.79. The zero-order valence-electron chi connectivity index (χ0n) is 16.8. The van der Waals surface area contributed by atoms with Crippen LogP contribution in [0, 0.1) is 13.8 Å². The number of furan rings is 1. The summed E-state index contributed by atoms with van der Waals surface area (Å²) in [6.45, 7) is 8.04. The molecule has 0 saturated carbocycles. The summed E-state index contributed by atoms with van der Waals surface area (Å²) >= 11 is 0. The summed E-state index contributed by atoms with van der Waals surface area (Å²) < 4.78 is 5.94. The number of rotatable bonds is 6. The summed E-state index contributed by atoms with van der Waals surface area (Å²) in [7, 11) is 0. The van der Waals surface area contributed by atoms with Crippen LogP contribution in [0.3, 0.4) is 0 Å². The average Bonchev–Trinajstić information content (AvgIpc) is 3.04. The third-order valence-corrected chi connectivity index (χ3v) is 4.97. The van der Waals surface area contributed by atoms with Gasteiger partial charge in [-0.2, -0.15) is 0 Å². The van der Waals surface area contributed by atoms with Gasteiger partial charge in [0, 0.05) is 23.2 Å². The molecule has 1 atom stereocenters. The maximum Gasteiger partial charge on any atom is 0.290 e. The lowest BCUT2D eigenvalue weighted by atomic mass is 10.1. The van der Waals surface area contributed by atoms with Gasteiger partial charge >= 0.3 is 0 Å². The van der Waals surface area contributed by atoms with E-state index < -0.39 is 6.04 Å². The van der Waals surface area contributed by atoms with Crippen molar-refractivity contribution in [1.82, 2.24) is 4.90 Å². The van der Waals surface area contributed by atoms with E-state index in [9.17, 15) is 9.59 Å². The molecule has 3 rings (SSSR count). The maximum absolute atomic E-state index is 13.3. The summed E-state index contributed by atoms with van der Waals surface area (Å²) in [5.41, 5.74) is 3.22. The van der Waals surface area contributed by atoms with Gasteiger partial charge in [0.25, 0.3) is 5.91 Å². The third-order valence-electron chi connectivity index (χ3n) is 4.97. The molecule has 0 aliphatic carbocycles. The van der Waals surface area contributed by atoms with Crippen molar-refractivity contribution in [2.75, 3.05) is 11.9 Å². The summed E-state index contributed by atoms with van der Waals surface area (Å²) in [5, 5.41) is 3.81. The molecule has 0 radical (unpaired) electrons. The minimum atomic E-state index is -0.624. The monoisotopic (exact) mass is 378 g/mol. The first-order valence-corrected chi connectivity index (χ1v) is 9.59. The highest BCUT2D eigenvalue weighted by atomic mass is 16.3. The van der Waals surface area contributed by atoms with E-state index in [2.05, 4.69) is 5.32 Å². The number of aryl methyl sites for hydroxylation is 2. The van der Waals surface area contributed by atoms with Crippen molar-refractivity contribution < 1.29 is 14.0 Å². The number of benzene rings is 2. The molecule has 2 amide bonds. The first-order chi connectivity index (χ1) is 13.4. The number of carbonyl (C=O) groups excluding carboxylic acids is 2. The molecule has 0 spiro atoms. The fourth-order valence-corrected chi connectivity index (χ4v) is 3.34. The second kappa shape index (κ2) is 8.30. The molecule has 5 nitrogen and oxygen atoms in total. The van der Waals surface area contributed by atoms with Gasteiger partial charge in [0.05, 0.1) is 0 Å². The summed E-state index contributed by atoms with van der Waals surface area (Å²) in [5.74, 6) is -0.180. The van der Waals surface area contributed by atoms with Crippen LogP contribution >= 0.6 is 0 Å². The van der Waals surface area contributed by atoms with Gasteiger partial charge in [-0.15, -0.1) is 0 Å². The Hall–Kier alpha value is -3.08. The molecule has 0 fully saturated rings. The first-order valence-electron chi connectivity index (χ1n) is 9.59. The second-order valence-electron chi connectivity index (χ2n) is 7.04. The Kier molecular flexibility index (Phi) is 5.83. The van der Waals surface area contributed by atoms with Crippen molar-refractivity contribution in [2.24, 2.45) is 0 Å². The predicted octanol–water partition coefficient (Wildman–Crippen LogP) is 4.93. The highest BCUT2D eigenvalue weighted by Crippen LogP contribution is 2.29. The zero-order valence-corrected chi connectivity index (χ0v) is 16.8. The SMILES string of the molecule is CCCN(C(=O)c1oc2c(C)cccc2c1C)C(C)C(=O)Nc1ccccc1. The van der Waals surface area contributed by atoms with Crippen LogP contribution in [0.2, 0.25) is 0 Å². The summed E-state index contributed by atoms with van der Waals surface area (Å²) in [4.78, 5) is 27.6. The normalized spacial score (nSPS) is 12.0. The summed E-state index contributed by atoms with van der Waals surface area (Å²) in [6.07, 6.45) is 0.743. The molecular weight excluding hydrogens is 352 g/mol. The molecule has 28 heavy (non-hydrogen) atoms. The molecule has 146 valence electrons. The lowest BCUT2D eigenvalue weighted by molar-refractivity contribution is -0.120. The second-order valence-corrected chi connectivity index (χ2v) is 7.04. The van der Waals surface area contributed by atoms with Crippen molar-refractivity contribution in [2.45, 2.75) is 40.2 Å². The van der Waals surface area contributed by atoms with E-state index in [4.69, 9.17) is 4.42 Å². The predicted molar refractivity (Wildman–Crippen MR) is 112 cm³/mol. The van der Waals surface area contributed by atoms with Crippen LogP contribution < -0.4 is 5.32 Å². The Balaban J connectivity index is 1.89. The molecule has 0 aliphatic rings. The van der Waals surface area contributed by atoms with E-state index in [1.807, 2.05) is 69.3 Å². The molecule has 5 heteroatoms. The van der Waals surface area contributed by atoms with E-state index in [1.54, 1.807) is 11.8 Å². The average molecular weight is 378 g/mol. The van der Waals surface area contributed by atoms with Gasteiger partial charge in [0.2, 0.25) is 5.91 Å². The smallest absolute Gasteiger partial charge is 0.290 e. The van der Waals surface area contributed by atoms with Crippen LogP contribution in [0.4, 0.5) is 5.69 Å². The number of nitrogens with one attached hydrogen (secondary N) is 1. The number of para-hydroxylation sites is 2. The Morgan fingerprint density at radius 2 is 1.79 bits per heavy atom. The molecule has 0 saturated heterocycles. The number of fused-ring (bicyclic) bond motifs is 1. The Morgan fingerprint density at radius 1 is 1.07 bits per heavy atom. The van der Waals surface area contributed by atoms with Crippen LogP contribution in [-0.4, -0.2) is 29.3 Å². The fourth-order valence-electron chi connectivity index (χ4n) is 3.34. The Bertz CT molecular complexity index is 992. The van der Waals surface area contributed by atoms with Gasteiger partial charge in [0.1, 0.15) is 11.6 Å². The Labute approximate surface area is 165 Å².